The van der Waals surface area contributed by atoms with Crippen molar-refractivity contribution in [1.29, 1.82) is 0 Å². The molecule has 0 aliphatic carbocycles. The molecule has 0 aliphatic heterocycles. The van der Waals surface area contributed by atoms with Crippen molar-refractivity contribution in [3.63, 3.8) is 0 Å². The number of hydrogen-bond acceptors (Lipinski definition) is 3. The van der Waals surface area contributed by atoms with Crippen LogP contribution in [0.4, 0.5) is 0 Å². The maximum Gasteiger partial charge on any atom is 0.308 e. The van der Waals surface area contributed by atoms with Gasteiger partial charge in [0.25, 0.3) is 0 Å². The second-order valence-corrected chi connectivity index (χ2v) is 3.35. The van der Waals surface area contributed by atoms with Crippen LogP contribution in [0.5, 0.6) is 0 Å². The number of rotatable bonds is 7. The molecule has 0 N–H and O–H groups in total. The number of carbonyl (C=O) groups excluding carboxylic acids is 1. The van der Waals surface area contributed by atoms with Crippen LogP contribution in [0.1, 0.15) is 33.6 Å². The van der Waals surface area contributed by atoms with E-state index < -0.39 is 0 Å². The van der Waals surface area contributed by atoms with Gasteiger partial charge in [0.05, 0.1) is 19.6 Å². The molecule has 0 rings (SSSR count). The summed E-state index contributed by atoms with van der Waals surface area (Å²) in [7, 11) is 0. The molecule has 0 spiro atoms. The zero-order chi connectivity index (χ0) is 10.1. The Morgan fingerprint density at radius 3 is 2.54 bits per heavy atom. The fourth-order valence-electron chi connectivity index (χ4n) is 0.780. The van der Waals surface area contributed by atoms with Crippen molar-refractivity contribution in [2.45, 2.75) is 33.6 Å². The van der Waals surface area contributed by atoms with Gasteiger partial charge in [0.2, 0.25) is 0 Å². The molecule has 0 saturated heterocycles. The first kappa shape index (κ1) is 12.4. The first-order valence-corrected chi connectivity index (χ1v) is 4.90. The first-order valence-electron chi connectivity index (χ1n) is 4.90. The molecule has 0 aromatic rings. The summed E-state index contributed by atoms with van der Waals surface area (Å²) in [6.45, 7) is 7.77. The largest absolute Gasteiger partial charge is 0.466 e. The van der Waals surface area contributed by atoms with Crippen LogP contribution >= 0.6 is 0 Å². The third kappa shape index (κ3) is 9.34. The van der Waals surface area contributed by atoms with Crippen LogP contribution in [0, 0.1) is 5.92 Å². The van der Waals surface area contributed by atoms with Crippen LogP contribution in [0.25, 0.3) is 0 Å². The van der Waals surface area contributed by atoms with E-state index in [2.05, 4.69) is 13.8 Å². The summed E-state index contributed by atoms with van der Waals surface area (Å²) in [4.78, 5) is 11.0. The molecule has 0 aromatic heterocycles. The maximum absolute atomic E-state index is 11.0. The van der Waals surface area contributed by atoms with E-state index in [4.69, 9.17) is 9.47 Å². The third-order valence-corrected chi connectivity index (χ3v) is 1.61. The molecule has 0 unspecified atom stereocenters. The summed E-state index contributed by atoms with van der Waals surface area (Å²) >= 11 is 0. The molecule has 0 saturated carbocycles. The smallest absolute Gasteiger partial charge is 0.308 e. The van der Waals surface area contributed by atoms with Crippen LogP contribution in [0.15, 0.2) is 0 Å². The van der Waals surface area contributed by atoms with E-state index in [1.807, 2.05) is 6.92 Å². The standard InChI is InChI=1S/C10H20O3/c1-4-12-7-6-10(11)13-8-5-9(2)3/h9H,4-8H2,1-3H3. The highest BCUT2D eigenvalue weighted by Crippen LogP contribution is 1.99. The van der Waals surface area contributed by atoms with Gasteiger partial charge in [-0.3, -0.25) is 4.79 Å². The van der Waals surface area contributed by atoms with Gasteiger partial charge in [-0.05, 0) is 19.3 Å². The Labute approximate surface area is 80.4 Å². The molecule has 3 nitrogen and oxygen atoms in total. The van der Waals surface area contributed by atoms with Gasteiger partial charge >= 0.3 is 5.97 Å². The minimum atomic E-state index is -0.158. The lowest BCUT2D eigenvalue weighted by molar-refractivity contribution is -0.145. The van der Waals surface area contributed by atoms with E-state index in [9.17, 15) is 4.79 Å². The lowest BCUT2D eigenvalue weighted by Crippen LogP contribution is -2.10. The predicted octanol–water partition coefficient (Wildman–Crippen LogP) is 2.00. The Bertz CT molecular complexity index is 132. The molecular weight excluding hydrogens is 168 g/mol. The molecule has 78 valence electrons. The van der Waals surface area contributed by atoms with Gasteiger partial charge in [-0.25, -0.2) is 0 Å². The molecule has 0 aromatic carbocycles. The van der Waals surface area contributed by atoms with Gasteiger partial charge in [-0.1, -0.05) is 13.8 Å². The predicted molar refractivity (Wildman–Crippen MR) is 51.5 cm³/mol. The molecule has 3 heteroatoms. The van der Waals surface area contributed by atoms with Crippen molar-refractivity contribution in [3.05, 3.63) is 0 Å². The Kier molecular flexibility index (Phi) is 7.69. The highest BCUT2D eigenvalue weighted by atomic mass is 16.5. The van der Waals surface area contributed by atoms with Crippen molar-refractivity contribution in [2.75, 3.05) is 19.8 Å². The zero-order valence-corrected chi connectivity index (χ0v) is 8.84. The highest BCUT2D eigenvalue weighted by Gasteiger charge is 2.02. The molecular formula is C10H20O3. The number of ether oxygens (including phenoxy) is 2. The Balaban J connectivity index is 3.20. The highest BCUT2D eigenvalue weighted by molar-refractivity contribution is 5.69. The quantitative estimate of drug-likeness (QED) is 0.453. The molecule has 0 heterocycles. The van der Waals surface area contributed by atoms with E-state index in [-0.39, 0.29) is 5.97 Å². The molecule has 0 aliphatic rings. The van der Waals surface area contributed by atoms with Crippen LogP contribution in [-0.4, -0.2) is 25.8 Å². The average Bonchev–Trinajstić information content (AvgIpc) is 2.04. The van der Waals surface area contributed by atoms with Crippen molar-refractivity contribution in [3.8, 4) is 0 Å². The van der Waals surface area contributed by atoms with Crippen molar-refractivity contribution in [1.82, 2.24) is 0 Å². The lowest BCUT2D eigenvalue weighted by Gasteiger charge is -2.06. The van der Waals surface area contributed by atoms with Crippen LogP contribution in [0.2, 0.25) is 0 Å². The summed E-state index contributed by atoms with van der Waals surface area (Å²) < 4.78 is 10.0. The molecule has 13 heavy (non-hydrogen) atoms. The van der Waals surface area contributed by atoms with Crippen LogP contribution in [0.3, 0.4) is 0 Å². The first-order chi connectivity index (χ1) is 6.16. The van der Waals surface area contributed by atoms with E-state index in [1.54, 1.807) is 0 Å². The third-order valence-electron chi connectivity index (χ3n) is 1.61. The summed E-state index contributed by atoms with van der Waals surface area (Å²) in [5.74, 6) is 0.425. The van der Waals surface area contributed by atoms with Crippen LogP contribution in [-0.2, 0) is 14.3 Å². The van der Waals surface area contributed by atoms with Crippen LogP contribution < -0.4 is 0 Å². The fraction of sp³-hybridized carbons (Fsp3) is 0.900. The molecule has 0 amide bonds. The summed E-state index contributed by atoms with van der Waals surface area (Å²) in [6.07, 6.45) is 1.30. The molecule has 0 fully saturated rings. The van der Waals surface area contributed by atoms with Crippen molar-refractivity contribution in [2.24, 2.45) is 5.92 Å². The second kappa shape index (κ2) is 8.05. The van der Waals surface area contributed by atoms with E-state index in [0.717, 1.165) is 6.42 Å². The number of hydrogen-bond donors (Lipinski definition) is 0. The maximum atomic E-state index is 11.0. The van der Waals surface area contributed by atoms with Gasteiger partial charge in [-0.2, -0.15) is 0 Å². The summed E-state index contributed by atoms with van der Waals surface area (Å²) in [5, 5.41) is 0. The van der Waals surface area contributed by atoms with E-state index >= 15 is 0 Å². The minimum absolute atomic E-state index is 0.158. The summed E-state index contributed by atoms with van der Waals surface area (Å²) in [6, 6.07) is 0. The Hall–Kier alpha value is -0.570. The van der Waals surface area contributed by atoms with E-state index in [0.29, 0.717) is 32.2 Å². The average molecular weight is 188 g/mol. The van der Waals surface area contributed by atoms with Gasteiger partial charge in [0, 0.05) is 6.61 Å². The van der Waals surface area contributed by atoms with Gasteiger partial charge in [-0.15, -0.1) is 0 Å². The molecule has 0 bridgehead atoms. The number of esters is 1. The topological polar surface area (TPSA) is 35.5 Å². The van der Waals surface area contributed by atoms with Crippen molar-refractivity contribution < 1.29 is 14.3 Å². The van der Waals surface area contributed by atoms with Gasteiger partial charge in [0.1, 0.15) is 0 Å². The minimum Gasteiger partial charge on any atom is -0.466 e. The molecule has 0 radical (unpaired) electrons. The lowest BCUT2D eigenvalue weighted by atomic mass is 10.1. The van der Waals surface area contributed by atoms with E-state index in [1.165, 1.54) is 0 Å². The SMILES string of the molecule is CCOCCC(=O)OCCC(C)C. The monoisotopic (exact) mass is 188 g/mol. The Morgan fingerprint density at radius 2 is 2.00 bits per heavy atom. The zero-order valence-electron chi connectivity index (χ0n) is 8.84. The van der Waals surface area contributed by atoms with Crippen molar-refractivity contribution >= 4 is 5.97 Å². The number of carbonyl (C=O) groups is 1. The van der Waals surface area contributed by atoms with Gasteiger partial charge < -0.3 is 9.47 Å². The van der Waals surface area contributed by atoms with Gasteiger partial charge in [0.15, 0.2) is 0 Å². The normalized spacial score (nSPS) is 10.5. The summed E-state index contributed by atoms with van der Waals surface area (Å²) in [5.41, 5.74) is 0. The Morgan fingerprint density at radius 1 is 1.31 bits per heavy atom. The second-order valence-electron chi connectivity index (χ2n) is 3.35. The fourth-order valence-corrected chi connectivity index (χ4v) is 0.780. The molecule has 0 atom stereocenters.